The van der Waals surface area contributed by atoms with Crippen LogP contribution in [-0.2, 0) is 9.36 Å². The Bertz CT molecular complexity index is 1180. The second-order valence-corrected chi connectivity index (χ2v) is 7.19. The van der Waals surface area contributed by atoms with Crippen molar-refractivity contribution in [3.8, 4) is 41.3 Å². The minimum Gasteiger partial charge on any atom is -0.388 e. The SMILES string of the molecule is N#COc1ccc(OP(=O)(Oc2ccc(N=C=O)cc2)Oc2ccc(OC#N)cc2)cc1. The van der Waals surface area contributed by atoms with Gasteiger partial charge in [-0.2, -0.15) is 9.56 Å². The lowest BCUT2D eigenvalue weighted by atomic mass is 10.3. The van der Waals surface area contributed by atoms with Gasteiger partial charge in [-0.05, 0) is 72.8 Å². The third-order valence-corrected chi connectivity index (χ3v) is 4.94. The van der Waals surface area contributed by atoms with Gasteiger partial charge < -0.3 is 23.0 Å². The highest BCUT2D eigenvalue weighted by molar-refractivity contribution is 7.49. The lowest BCUT2D eigenvalue weighted by molar-refractivity contribution is 0.298. The van der Waals surface area contributed by atoms with Crippen molar-refractivity contribution in [2.24, 2.45) is 4.99 Å². The molecule has 0 aromatic heterocycles. The first-order valence-corrected chi connectivity index (χ1v) is 10.2. The van der Waals surface area contributed by atoms with E-state index in [9.17, 15) is 9.36 Å². The molecule has 0 heterocycles. The molecule has 32 heavy (non-hydrogen) atoms. The van der Waals surface area contributed by atoms with Gasteiger partial charge in [0.05, 0.1) is 5.69 Å². The van der Waals surface area contributed by atoms with Crippen LogP contribution in [-0.4, -0.2) is 6.08 Å². The molecular formula is C21H12N3O7P. The van der Waals surface area contributed by atoms with Crippen LogP contribution in [0.2, 0.25) is 0 Å². The molecule has 0 radical (unpaired) electrons. The summed E-state index contributed by atoms with van der Waals surface area (Å²) in [5.41, 5.74) is 0.324. The van der Waals surface area contributed by atoms with E-state index in [1.54, 1.807) is 0 Å². The quantitative estimate of drug-likeness (QED) is 0.191. The lowest BCUT2D eigenvalue weighted by Gasteiger charge is -2.19. The second kappa shape index (κ2) is 10.3. The van der Waals surface area contributed by atoms with Gasteiger partial charge in [0, 0.05) is 0 Å². The summed E-state index contributed by atoms with van der Waals surface area (Å²) in [4.78, 5) is 13.8. The lowest BCUT2D eigenvalue weighted by Crippen LogP contribution is -2.07. The fourth-order valence-electron chi connectivity index (χ4n) is 2.32. The van der Waals surface area contributed by atoms with Crippen molar-refractivity contribution in [2.75, 3.05) is 0 Å². The number of nitriles is 2. The van der Waals surface area contributed by atoms with E-state index in [-0.39, 0.29) is 28.7 Å². The van der Waals surface area contributed by atoms with Gasteiger partial charge in [0.25, 0.3) is 12.5 Å². The van der Waals surface area contributed by atoms with Crippen molar-refractivity contribution in [1.29, 1.82) is 10.5 Å². The molecule has 0 saturated heterocycles. The van der Waals surface area contributed by atoms with Crippen molar-refractivity contribution in [3.63, 3.8) is 0 Å². The number of nitrogens with zero attached hydrogens (tertiary/aromatic N) is 3. The topological polar surface area (TPSA) is 140 Å². The maximum atomic E-state index is 13.4. The maximum Gasteiger partial charge on any atom is 0.647 e. The minimum atomic E-state index is -4.30. The Morgan fingerprint density at radius 3 is 1.31 bits per heavy atom. The molecule has 0 N–H and O–H groups in total. The minimum absolute atomic E-state index is 0.116. The molecule has 0 bridgehead atoms. The largest absolute Gasteiger partial charge is 0.647 e. The molecule has 0 aliphatic heterocycles. The highest BCUT2D eigenvalue weighted by atomic mass is 31.2. The summed E-state index contributed by atoms with van der Waals surface area (Å²) in [6.07, 6.45) is 4.49. The molecule has 0 amide bonds. The summed E-state index contributed by atoms with van der Waals surface area (Å²) in [5.74, 6) is 0.870. The number of aliphatic imine (C=N–C) groups is 1. The van der Waals surface area contributed by atoms with E-state index in [0.29, 0.717) is 5.69 Å². The Labute approximate surface area is 182 Å². The van der Waals surface area contributed by atoms with Crippen LogP contribution in [0.3, 0.4) is 0 Å². The van der Waals surface area contributed by atoms with Crippen LogP contribution in [0.1, 0.15) is 0 Å². The molecule has 3 aromatic carbocycles. The van der Waals surface area contributed by atoms with Crippen LogP contribution >= 0.6 is 7.82 Å². The molecular weight excluding hydrogens is 437 g/mol. The smallest absolute Gasteiger partial charge is 0.388 e. The number of benzene rings is 3. The molecule has 0 aliphatic carbocycles. The van der Waals surface area contributed by atoms with Gasteiger partial charge in [-0.15, -0.1) is 10.5 Å². The number of carbonyl (C=O) groups excluding carboxylic acids is 1. The third kappa shape index (κ3) is 6.12. The van der Waals surface area contributed by atoms with Crippen molar-refractivity contribution < 1.29 is 32.4 Å². The molecule has 3 rings (SSSR count). The second-order valence-electron chi connectivity index (χ2n) is 5.75. The normalized spacial score (nSPS) is 9.94. The third-order valence-electron chi connectivity index (χ3n) is 3.64. The van der Waals surface area contributed by atoms with Crippen LogP contribution in [0.15, 0.2) is 77.8 Å². The Balaban J connectivity index is 1.86. The molecule has 158 valence electrons. The predicted molar refractivity (Wildman–Crippen MR) is 109 cm³/mol. The van der Waals surface area contributed by atoms with E-state index >= 15 is 0 Å². The van der Waals surface area contributed by atoms with Crippen LogP contribution in [0.5, 0.6) is 28.7 Å². The number of hydrogen-bond acceptors (Lipinski definition) is 10. The number of phosphoric ester groups is 1. The first kappa shape index (κ1) is 21.9. The monoisotopic (exact) mass is 449 g/mol. The first-order valence-electron chi connectivity index (χ1n) is 8.72. The van der Waals surface area contributed by atoms with Crippen molar-refractivity contribution >= 4 is 19.6 Å². The van der Waals surface area contributed by atoms with Gasteiger partial charge in [0.2, 0.25) is 6.08 Å². The molecule has 0 spiro atoms. The van der Waals surface area contributed by atoms with Crippen molar-refractivity contribution in [1.82, 2.24) is 0 Å². The van der Waals surface area contributed by atoms with Crippen molar-refractivity contribution in [3.05, 3.63) is 72.8 Å². The maximum absolute atomic E-state index is 13.4. The Morgan fingerprint density at radius 2 is 0.969 bits per heavy atom. The summed E-state index contributed by atoms with van der Waals surface area (Å²) in [5, 5.41) is 17.1. The van der Waals surface area contributed by atoms with Crippen molar-refractivity contribution in [2.45, 2.75) is 0 Å². The van der Waals surface area contributed by atoms with Crippen LogP contribution in [0.25, 0.3) is 0 Å². The summed E-state index contributed by atoms with van der Waals surface area (Å²) < 4.78 is 39.3. The summed E-state index contributed by atoms with van der Waals surface area (Å²) >= 11 is 0. The van der Waals surface area contributed by atoms with E-state index in [0.717, 1.165) is 0 Å². The van der Waals surface area contributed by atoms with Crippen LogP contribution < -0.4 is 23.0 Å². The Morgan fingerprint density at radius 1 is 0.625 bits per heavy atom. The fraction of sp³-hybridized carbons (Fsp3) is 0. The zero-order valence-electron chi connectivity index (χ0n) is 16.1. The van der Waals surface area contributed by atoms with Gasteiger partial charge in [-0.3, -0.25) is 0 Å². The number of ether oxygens (including phenoxy) is 2. The number of phosphoric acid groups is 1. The molecule has 11 heteroatoms. The summed E-state index contributed by atoms with van der Waals surface area (Å²) in [6.45, 7) is 0. The molecule has 0 unspecified atom stereocenters. The fourth-order valence-corrected chi connectivity index (χ4v) is 3.57. The highest BCUT2D eigenvalue weighted by Crippen LogP contribution is 2.50. The number of rotatable bonds is 9. The first-order chi connectivity index (χ1) is 15.5. The van der Waals surface area contributed by atoms with Gasteiger partial charge in [0.1, 0.15) is 28.7 Å². The van der Waals surface area contributed by atoms with E-state index in [1.807, 2.05) is 0 Å². The Kier molecular flexibility index (Phi) is 7.09. The van der Waals surface area contributed by atoms with Gasteiger partial charge in [-0.25, -0.2) is 4.79 Å². The highest BCUT2D eigenvalue weighted by Gasteiger charge is 2.33. The zero-order chi connectivity index (χ0) is 22.8. The van der Waals surface area contributed by atoms with Gasteiger partial charge in [0.15, 0.2) is 0 Å². The van der Waals surface area contributed by atoms with Crippen LogP contribution in [0, 0.1) is 23.0 Å². The molecule has 0 atom stereocenters. The van der Waals surface area contributed by atoms with Gasteiger partial charge >= 0.3 is 7.82 Å². The summed E-state index contributed by atoms with van der Waals surface area (Å²) in [6, 6.07) is 17.1. The molecule has 3 aromatic rings. The Hall–Kier alpha value is -4.75. The van der Waals surface area contributed by atoms with Gasteiger partial charge in [-0.1, -0.05) is 0 Å². The van der Waals surface area contributed by atoms with E-state index in [4.69, 9.17) is 33.6 Å². The van der Waals surface area contributed by atoms with E-state index < -0.39 is 7.82 Å². The number of isocyanates is 1. The van der Waals surface area contributed by atoms with E-state index in [2.05, 4.69) is 4.99 Å². The van der Waals surface area contributed by atoms with Crippen LogP contribution in [0.4, 0.5) is 5.69 Å². The molecule has 0 fully saturated rings. The molecule has 10 nitrogen and oxygen atoms in total. The zero-order valence-corrected chi connectivity index (χ0v) is 17.0. The average Bonchev–Trinajstić information content (AvgIpc) is 2.78. The van der Waals surface area contributed by atoms with E-state index in [1.165, 1.54) is 91.4 Å². The molecule has 0 aliphatic rings. The standard InChI is InChI=1S/C21H12N3O7P/c22-13-27-17-5-9-20(10-6-17)30-32(26,29-19-3-1-16(2-4-19)24-15-25)31-21-11-7-18(8-12-21)28-14-23/h1-12H. The number of hydrogen-bond donors (Lipinski definition) is 0. The summed E-state index contributed by atoms with van der Waals surface area (Å²) in [7, 11) is -4.30. The average molecular weight is 449 g/mol. The predicted octanol–water partition coefficient (Wildman–Crippen LogP) is 5.02. The molecule has 0 saturated carbocycles.